The van der Waals surface area contributed by atoms with Gasteiger partial charge < -0.3 is 0 Å². The van der Waals surface area contributed by atoms with Crippen molar-refractivity contribution in [2.24, 2.45) is 0 Å². The molecule has 0 bridgehead atoms. The molecule has 1 aromatic heterocycles. The molecule has 1 amide bonds. The number of nitrogens with one attached hydrogen (secondary N) is 1. The van der Waals surface area contributed by atoms with Crippen LogP contribution in [0.25, 0.3) is 10.6 Å². The fourth-order valence-electron chi connectivity index (χ4n) is 2.99. The molecule has 0 radical (unpaired) electrons. The average Bonchev–Trinajstić information content (AvgIpc) is 3.14. The summed E-state index contributed by atoms with van der Waals surface area (Å²) in [7, 11) is -3.68. The minimum absolute atomic E-state index is 0.303. The Morgan fingerprint density at radius 1 is 1.14 bits per heavy atom. The summed E-state index contributed by atoms with van der Waals surface area (Å²) in [6.45, 7) is 3.64. The molecule has 152 valence electrons. The fraction of sp³-hybridized carbons (Fsp3) is 0.250. The van der Waals surface area contributed by atoms with Gasteiger partial charge in [0.05, 0.1) is 11.9 Å². The summed E-state index contributed by atoms with van der Waals surface area (Å²) in [6, 6.07) is 15.7. The maximum absolute atomic E-state index is 13.0. The number of carbonyl (C=O) groups is 1. The molecule has 0 spiro atoms. The Balaban J connectivity index is 1.86. The number of nitrogens with zero attached hydrogens (tertiary/aromatic N) is 3. The van der Waals surface area contributed by atoms with E-state index < -0.39 is 22.0 Å². The molecule has 1 atom stereocenters. The summed E-state index contributed by atoms with van der Waals surface area (Å²) in [4.78, 5) is 13.0. The summed E-state index contributed by atoms with van der Waals surface area (Å²) < 4.78 is 26.2. The summed E-state index contributed by atoms with van der Waals surface area (Å²) in [6.07, 6.45) is 1.40. The third kappa shape index (κ3) is 4.99. The Hall–Kier alpha value is -2.78. The second kappa shape index (κ2) is 8.71. The van der Waals surface area contributed by atoms with Crippen LogP contribution in [0.4, 0.5) is 10.8 Å². The molecular weight excluding hydrogens is 408 g/mol. The highest BCUT2D eigenvalue weighted by molar-refractivity contribution is 7.92. The molecule has 29 heavy (non-hydrogen) atoms. The van der Waals surface area contributed by atoms with Gasteiger partial charge in [0.2, 0.25) is 21.1 Å². The van der Waals surface area contributed by atoms with Crippen LogP contribution in [0, 0.1) is 6.92 Å². The molecule has 7 nitrogen and oxygen atoms in total. The number of carbonyl (C=O) groups excluding carboxylic acids is 1. The molecule has 0 saturated heterocycles. The summed E-state index contributed by atoms with van der Waals surface area (Å²) in [5, 5.41) is 11.9. The van der Waals surface area contributed by atoms with E-state index in [1.54, 1.807) is 25.1 Å². The smallest absolute Gasteiger partial charge is 0.250 e. The predicted octanol–water partition coefficient (Wildman–Crippen LogP) is 3.70. The number of rotatable bonds is 7. The highest BCUT2D eigenvalue weighted by atomic mass is 32.2. The number of amides is 1. The Morgan fingerprint density at radius 2 is 1.86 bits per heavy atom. The lowest BCUT2D eigenvalue weighted by Crippen LogP contribution is -2.47. The molecule has 0 saturated carbocycles. The number of aromatic nitrogens is 2. The van der Waals surface area contributed by atoms with E-state index in [1.807, 2.05) is 43.3 Å². The number of benzene rings is 2. The molecule has 1 unspecified atom stereocenters. The van der Waals surface area contributed by atoms with Crippen molar-refractivity contribution in [3.63, 3.8) is 0 Å². The zero-order valence-corrected chi connectivity index (χ0v) is 18.0. The first-order valence-corrected chi connectivity index (χ1v) is 11.7. The van der Waals surface area contributed by atoms with Gasteiger partial charge in [-0.15, -0.1) is 10.2 Å². The van der Waals surface area contributed by atoms with Crippen molar-refractivity contribution in [1.82, 2.24) is 10.2 Å². The number of aryl methyl sites for hydroxylation is 1. The van der Waals surface area contributed by atoms with Crippen LogP contribution in [-0.2, 0) is 14.8 Å². The largest absolute Gasteiger partial charge is 0.299 e. The minimum Gasteiger partial charge on any atom is -0.299 e. The van der Waals surface area contributed by atoms with Crippen LogP contribution in [0.5, 0.6) is 0 Å². The highest BCUT2D eigenvalue weighted by Gasteiger charge is 2.32. The number of sulfonamides is 1. The Morgan fingerprint density at radius 3 is 2.48 bits per heavy atom. The van der Waals surface area contributed by atoms with E-state index in [9.17, 15) is 13.2 Å². The number of anilines is 2. The quantitative estimate of drug-likeness (QED) is 0.617. The standard InChI is InChI=1S/C20H22N4O3S2/c1-4-17(24(29(3,26)27)16-12-8-9-14(2)13-16)18(25)21-20-23-22-19(28-20)15-10-6-5-7-11-15/h5-13,17H,4H2,1-3H3,(H,21,23,25). The number of hydrogen-bond acceptors (Lipinski definition) is 6. The van der Waals surface area contributed by atoms with Gasteiger partial charge in [0, 0.05) is 5.56 Å². The third-order valence-corrected chi connectivity index (χ3v) is 6.33. The van der Waals surface area contributed by atoms with Crippen molar-refractivity contribution in [2.75, 3.05) is 15.9 Å². The van der Waals surface area contributed by atoms with Crippen LogP contribution in [-0.4, -0.2) is 36.8 Å². The summed E-state index contributed by atoms with van der Waals surface area (Å²) >= 11 is 1.24. The molecule has 2 aromatic carbocycles. The maximum atomic E-state index is 13.0. The molecule has 0 fully saturated rings. The Labute approximate surface area is 174 Å². The van der Waals surface area contributed by atoms with Gasteiger partial charge in [0.15, 0.2) is 0 Å². The third-order valence-electron chi connectivity index (χ3n) is 4.26. The van der Waals surface area contributed by atoms with Gasteiger partial charge in [-0.2, -0.15) is 0 Å². The molecule has 0 aliphatic rings. The lowest BCUT2D eigenvalue weighted by molar-refractivity contribution is -0.117. The van der Waals surface area contributed by atoms with Crippen LogP contribution >= 0.6 is 11.3 Å². The zero-order valence-electron chi connectivity index (χ0n) is 16.4. The van der Waals surface area contributed by atoms with Gasteiger partial charge in [-0.3, -0.25) is 14.4 Å². The monoisotopic (exact) mass is 430 g/mol. The first-order valence-electron chi connectivity index (χ1n) is 9.05. The maximum Gasteiger partial charge on any atom is 0.250 e. The predicted molar refractivity (Wildman–Crippen MR) is 117 cm³/mol. The molecular formula is C20H22N4O3S2. The Bertz CT molecular complexity index is 1100. The van der Waals surface area contributed by atoms with E-state index in [1.165, 1.54) is 11.3 Å². The van der Waals surface area contributed by atoms with Crippen molar-refractivity contribution in [3.05, 3.63) is 60.2 Å². The normalized spacial score (nSPS) is 12.4. The second-order valence-electron chi connectivity index (χ2n) is 6.59. The summed E-state index contributed by atoms with van der Waals surface area (Å²) in [5.41, 5.74) is 2.26. The molecule has 3 rings (SSSR count). The lowest BCUT2D eigenvalue weighted by Gasteiger charge is -2.30. The van der Waals surface area contributed by atoms with E-state index >= 15 is 0 Å². The van der Waals surface area contributed by atoms with Crippen molar-refractivity contribution < 1.29 is 13.2 Å². The highest BCUT2D eigenvalue weighted by Crippen LogP contribution is 2.28. The van der Waals surface area contributed by atoms with E-state index in [0.717, 1.165) is 21.7 Å². The summed E-state index contributed by atoms with van der Waals surface area (Å²) in [5.74, 6) is -0.449. The van der Waals surface area contributed by atoms with Crippen molar-refractivity contribution in [3.8, 4) is 10.6 Å². The van der Waals surface area contributed by atoms with Gasteiger partial charge in [0.25, 0.3) is 0 Å². The molecule has 0 aliphatic heterocycles. The molecule has 1 heterocycles. The molecule has 1 N–H and O–H groups in total. The molecule has 9 heteroatoms. The van der Waals surface area contributed by atoms with Gasteiger partial charge in [-0.05, 0) is 31.0 Å². The van der Waals surface area contributed by atoms with Crippen LogP contribution in [0.1, 0.15) is 18.9 Å². The van der Waals surface area contributed by atoms with Crippen LogP contribution in [0.15, 0.2) is 54.6 Å². The van der Waals surface area contributed by atoms with Crippen LogP contribution < -0.4 is 9.62 Å². The van der Waals surface area contributed by atoms with Crippen LogP contribution in [0.3, 0.4) is 0 Å². The van der Waals surface area contributed by atoms with Crippen molar-refractivity contribution in [2.45, 2.75) is 26.3 Å². The SMILES string of the molecule is CCC(C(=O)Nc1nnc(-c2ccccc2)s1)N(c1cccc(C)c1)S(C)(=O)=O. The second-order valence-corrected chi connectivity index (χ2v) is 9.43. The first kappa shape index (κ1) is 20.9. The number of hydrogen-bond donors (Lipinski definition) is 1. The van der Waals surface area contributed by atoms with Crippen molar-refractivity contribution >= 4 is 38.1 Å². The topological polar surface area (TPSA) is 92.3 Å². The van der Waals surface area contributed by atoms with E-state index in [4.69, 9.17) is 0 Å². The zero-order chi connectivity index (χ0) is 21.0. The fourth-order valence-corrected chi connectivity index (χ4v) is 4.94. The van der Waals surface area contributed by atoms with Gasteiger partial charge in [-0.1, -0.05) is 60.7 Å². The van der Waals surface area contributed by atoms with Crippen LogP contribution in [0.2, 0.25) is 0 Å². The van der Waals surface area contributed by atoms with E-state index in [2.05, 4.69) is 15.5 Å². The van der Waals surface area contributed by atoms with Gasteiger partial charge in [-0.25, -0.2) is 8.42 Å². The van der Waals surface area contributed by atoms with Gasteiger partial charge in [0.1, 0.15) is 11.0 Å². The van der Waals surface area contributed by atoms with Crippen molar-refractivity contribution in [1.29, 1.82) is 0 Å². The van der Waals surface area contributed by atoms with Gasteiger partial charge >= 0.3 is 0 Å². The van der Waals surface area contributed by atoms with E-state index in [0.29, 0.717) is 22.2 Å². The Kier molecular flexibility index (Phi) is 6.29. The minimum atomic E-state index is -3.68. The van der Waals surface area contributed by atoms with E-state index in [-0.39, 0.29) is 0 Å². The lowest BCUT2D eigenvalue weighted by atomic mass is 10.1. The first-order chi connectivity index (χ1) is 13.8. The molecule has 0 aliphatic carbocycles. The molecule has 3 aromatic rings. The average molecular weight is 431 g/mol.